The molecule has 0 aliphatic rings. The van der Waals surface area contributed by atoms with E-state index >= 15 is 0 Å². The first-order chi connectivity index (χ1) is 16.5. The van der Waals surface area contributed by atoms with E-state index in [-0.39, 0.29) is 0 Å². The summed E-state index contributed by atoms with van der Waals surface area (Å²) in [5.74, 6) is 0.834. The number of hydrogen-bond donors (Lipinski definition) is 3. The van der Waals surface area contributed by atoms with Gasteiger partial charge in [-0.15, -0.1) is 11.3 Å². The van der Waals surface area contributed by atoms with Crippen molar-refractivity contribution < 1.29 is 0 Å². The molecule has 0 spiro atoms. The first-order valence-electron chi connectivity index (χ1n) is 11.2. The normalized spacial score (nSPS) is 12.2. The van der Waals surface area contributed by atoms with Crippen molar-refractivity contribution in [1.82, 2.24) is 20.3 Å². The maximum Gasteiger partial charge on any atom is 0.178 e. The predicted octanol–water partition coefficient (Wildman–Crippen LogP) is 6.85. The van der Waals surface area contributed by atoms with Crippen molar-refractivity contribution in [1.29, 1.82) is 0 Å². The summed E-state index contributed by atoms with van der Waals surface area (Å²) < 4.78 is 0. The number of anilines is 1. The number of rotatable bonds is 9. The monoisotopic (exact) mass is 467 g/mol. The topological polar surface area (TPSA) is 79.6 Å². The van der Waals surface area contributed by atoms with Crippen LogP contribution >= 0.6 is 11.3 Å². The molecule has 0 unspecified atom stereocenters. The summed E-state index contributed by atoms with van der Waals surface area (Å²) in [7, 11) is 0. The molecule has 3 aromatic heterocycles. The van der Waals surface area contributed by atoms with Crippen LogP contribution in [0, 0.1) is 0 Å². The number of allylic oxidation sites excluding steroid dienone is 5. The van der Waals surface area contributed by atoms with Gasteiger partial charge >= 0.3 is 0 Å². The van der Waals surface area contributed by atoms with E-state index in [1.165, 1.54) is 4.88 Å². The van der Waals surface area contributed by atoms with Gasteiger partial charge in [0.25, 0.3) is 0 Å². The summed E-state index contributed by atoms with van der Waals surface area (Å²) in [6, 6.07) is 12.3. The highest BCUT2D eigenvalue weighted by Crippen LogP contribution is 2.30. The smallest absolute Gasteiger partial charge is 0.178 e. The summed E-state index contributed by atoms with van der Waals surface area (Å²) in [6.07, 6.45) is 9.19. The number of thiophene rings is 1. The minimum absolute atomic E-state index is 0.583. The van der Waals surface area contributed by atoms with Crippen LogP contribution in [0.2, 0.25) is 0 Å². The molecule has 4 N–H and O–H groups in total. The zero-order valence-electron chi connectivity index (χ0n) is 19.6. The lowest BCUT2D eigenvalue weighted by Crippen LogP contribution is -2.09. The molecule has 0 fully saturated rings. The maximum absolute atomic E-state index is 6.36. The van der Waals surface area contributed by atoms with Crippen LogP contribution in [-0.4, -0.2) is 15.0 Å². The van der Waals surface area contributed by atoms with Crippen molar-refractivity contribution >= 4 is 33.8 Å². The lowest BCUT2D eigenvalue weighted by atomic mass is 9.99. The Morgan fingerprint density at radius 3 is 2.82 bits per heavy atom. The van der Waals surface area contributed by atoms with Gasteiger partial charge < -0.3 is 16.0 Å². The molecule has 1 aromatic carbocycles. The van der Waals surface area contributed by atoms with E-state index in [9.17, 15) is 0 Å². The fourth-order valence-electron chi connectivity index (χ4n) is 3.74. The van der Waals surface area contributed by atoms with E-state index < -0.39 is 0 Å². The average molecular weight is 468 g/mol. The number of H-pyrrole nitrogens is 1. The number of nitrogens with one attached hydrogen (secondary N) is 2. The van der Waals surface area contributed by atoms with Crippen molar-refractivity contribution in [3.8, 4) is 10.4 Å². The average Bonchev–Trinajstić information content (AvgIpc) is 3.52. The Hall–Kier alpha value is -3.90. The number of benzene rings is 1. The number of aromatic amines is 1. The molecule has 0 saturated heterocycles. The summed E-state index contributed by atoms with van der Waals surface area (Å²) in [5.41, 5.74) is 14.9. The number of nitrogens with zero attached hydrogens (tertiary/aromatic N) is 2. The van der Waals surface area contributed by atoms with Crippen LogP contribution in [0.15, 0.2) is 90.8 Å². The largest absolute Gasteiger partial charge is 0.398 e. The van der Waals surface area contributed by atoms with E-state index in [2.05, 4.69) is 71.1 Å². The molecule has 0 aliphatic heterocycles. The molecule has 0 amide bonds. The van der Waals surface area contributed by atoms with E-state index in [0.29, 0.717) is 12.1 Å². The number of aromatic nitrogens is 3. The van der Waals surface area contributed by atoms with Crippen LogP contribution in [0.3, 0.4) is 0 Å². The van der Waals surface area contributed by atoms with Crippen molar-refractivity contribution in [2.24, 2.45) is 0 Å². The lowest BCUT2D eigenvalue weighted by Gasteiger charge is -2.12. The highest BCUT2D eigenvalue weighted by atomic mass is 32.1. The zero-order chi connectivity index (χ0) is 24.1. The van der Waals surface area contributed by atoms with Gasteiger partial charge in [0.2, 0.25) is 0 Å². The Bertz CT molecular complexity index is 1390. The highest BCUT2D eigenvalue weighted by Gasteiger charge is 2.13. The first-order valence-corrected chi connectivity index (χ1v) is 12.1. The molecule has 34 heavy (non-hydrogen) atoms. The molecule has 4 aromatic rings. The molecule has 6 heteroatoms. The summed E-state index contributed by atoms with van der Waals surface area (Å²) in [5, 5.41) is 5.38. The van der Waals surface area contributed by atoms with Crippen molar-refractivity contribution in [2.45, 2.75) is 26.7 Å². The van der Waals surface area contributed by atoms with Gasteiger partial charge in [-0.1, -0.05) is 38.3 Å². The van der Waals surface area contributed by atoms with E-state index in [0.717, 1.165) is 57.1 Å². The van der Waals surface area contributed by atoms with Gasteiger partial charge in [0.15, 0.2) is 5.65 Å². The Morgan fingerprint density at radius 2 is 2.12 bits per heavy atom. The third-order valence-corrected chi connectivity index (χ3v) is 6.55. The SMILES string of the molecule is C=C/C(=C\C(=C/C)c1ccc(N)c(Cc2nc3nccc(-c4cccs4)c3[nH]2)c1)NC(=C)CC. The molecule has 0 saturated carbocycles. The van der Waals surface area contributed by atoms with Crippen LogP contribution in [0.4, 0.5) is 5.69 Å². The number of fused-ring (bicyclic) bond motifs is 1. The van der Waals surface area contributed by atoms with Gasteiger partial charge in [-0.3, -0.25) is 0 Å². The second-order valence-electron chi connectivity index (χ2n) is 7.94. The molecule has 172 valence electrons. The number of pyridine rings is 1. The van der Waals surface area contributed by atoms with Crippen LogP contribution in [0.5, 0.6) is 0 Å². The second-order valence-corrected chi connectivity index (χ2v) is 8.89. The maximum atomic E-state index is 6.36. The minimum atomic E-state index is 0.583. The molecule has 0 aliphatic carbocycles. The quantitative estimate of drug-likeness (QED) is 0.186. The molecule has 0 atom stereocenters. The summed E-state index contributed by atoms with van der Waals surface area (Å²) in [4.78, 5) is 13.9. The van der Waals surface area contributed by atoms with Crippen LogP contribution in [0.1, 0.15) is 37.2 Å². The molecule has 0 radical (unpaired) electrons. The third-order valence-electron chi connectivity index (χ3n) is 5.65. The Labute approximate surface area is 204 Å². The summed E-state index contributed by atoms with van der Waals surface area (Å²) in [6.45, 7) is 12.0. The van der Waals surface area contributed by atoms with E-state index in [1.54, 1.807) is 23.6 Å². The Kier molecular flexibility index (Phi) is 7.09. The van der Waals surface area contributed by atoms with E-state index in [1.807, 2.05) is 25.1 Å². The van der Waals surface area contributed by atoms with Crippen LogP contribution in [0.25, 0.3) is 27.2 Å². The van der Waals surface area contributed by atoms with Crippen molar-refractivity contribution in [2.75, 3.05) is 5.73 Å². The second kappa shape index (κ2) is 10.4. The molecular formula is C28H29N5S. The molecule has 3 heterocycles. The summed E-state index contributed by atoms with van der Waals surface area (Å²) >= 11 is 1.70. The molecule has 4 rings (SSSR count). The Morgan fingerprint density at radius 1 is 1.26 bits per heavy atom. The van der Waals surface area contributed by atoms with Crippen molar-refractivity contribution in [3.05, 3.63) is 108 Å². The van der Waals surface area contributed by atoms with Crippen LogP contribution in [-0.2, 0) is 6.42 Å². The van der Waals surface area contributed by atoms with Gasteiger partial charge in [0.05, 0.1) is 5.52 Å². The standard InChI is InChI=1S/C28H29N5S/c1-5-18(4)31-22(7-3)16-19(6-2)20-10-11-24(29)21(15-20)17-26-32-27-23(25-9-8-14-34-25)12-13-30-28(27)33-26/h6-16,31H,3-5,17,29H2,1-2H3,(H,30,32,33)/b19-6+,22-16+. The highest BCUT2D eigenvalue weighted by molar-refractivity contribution is 7.13. The van der Waals surface area contributed by atoms with Gasteiger partial charge in [-0.2, -0.15) is 0 Å². The van der Waals surface area contributed by atoms with Gasteiger partial charge in [-0.25, -0.2) is 9.97 Å². The van der Waals surface area contributed by atoms with E-state index in [4.69, 9.17) is 10.7 Å². The number of nitrogen functional groups attached to an aromatic ring is 1. The molecular weight excluding hydrogens is 438 g/mol. The minimum Gasteiger partial charge on any atom is -0.398 e. The fraction of sp³-hybridized carbons (Fsp3) is 0.143. The van der Waals surface area contributed by atoms with Crippen LogP contribution < -0.4 is 11.1 Å². The number of imidazole rings is 1. The number of hydrogen-bond acceptors (Lipinski definition) is 5. The molecule has 0 bridgehead atoms. The number of nitrogens with two attached hydrogens (primary N) is 1. The third kappa shape index (κ3) is 5.02. The van der Waals surface area contributed by atoms with Gasteiger partial charge in [0.1, 0.15) is 5.82 Å². The zero-order valence-corrected chi connectivity index (χ0v) is 20.4. The Balaban J connectivity index is 1.65. The first kappa shape index (κ1) is 23.3. The van der Waals surface area contributed by atoms with Gasteiger partial charge in [-0.05, 0) is 71.8 Å². The molecule has 5 nitrogen and oxygen atoms in total. The lowest BCUT2D eigenvalue weighted by molar-refractivity contribution is 0.921. The van der Waals surface area contributed by atoms with Crippen molar-refractivity contribution in [3.63, 3.8) is 0 Å². The predicted molar refractivity (Wildman–Crippen MR) is 145 cm³/mol. The van der Waals surface area contributed by atoms with Gasteiger partial charge in [0, 0.05) is 40.1 Å². The fourth-order valence-corrected chi connectivity index (χ4v) is 4.50.